The van der Waals surface area contributed by atoms with E-state index in [0.717, 1.165) is 0 Å². The van der Waals surface area contributed by atoms with Gasteiger partial charge in [0.05, 0.1) is 60.5 Å². The van der Waals surface area contributed by atoms with E-state index in [2.05, 4.69) is 20.3 Å². The molecule has 4 aromatic rings. The molecule has 1 amide bonds. The molecule has 1 heterocycles. The molecule has 330 valence electrons. The standard InChI is InChI=1S/C44H43N3O16/c1-21-38(51)28(45-43(56)61-19-22-7-9-23(10-8-22)46-47-24-11-13-25(14-12-24)60-20-32(50)59-3)15-33(62-21)63-30-17-44(57,31(49)18-48)16-27-35(30)42(55)37-36(40(27)53)39(52)26-5-4-6-29(58-2)34(26)41(37)54/h4-14,21,28,30,33,38,48,51,53,55,57H,15-20H2,1-3H3,(H,45,56)/t21?,28?,30-,33?,38?,44-/m0/s1. The topological polar surface area (TPSA) is 279 Å². The lowest BCUT2D eigenvalue weighted by molar-refractivity contribution is -0.249. The molecule has 7 rings (SSSR count). The van der Waals surface area contributed by atoms with Gasteiger partial charge < -0.3 is 59.3 Å². The van der Waals surface area contributed by atoms with Crippen LogP contribution >= 0.6 is 0 Å². The number of azo groups is 1. The maximum absolute atomic E-state index is 14.0. The highest BCUT2D eigenvalue weighted by atomic mass is 16.7. The lowest BCUT2D eigenvalue weighted by Gasteiger charge is -2.42. The second-order valence-electron chi connectivity index (χ2n) is 15.0. The summed E-state index contributed by atoms with van der Waals surface area (Å²) in [6.45, 7) is 0.0221. The Morgan fingerprint density at radius 2 is 1.57 bits per heavy atom. The summed E-state index contributed by atoms with van der Waals surface area (Å²) in [5.41, 5.74) is -2.54. The number of carbonyl (C=O) groups is 5. The molecule has 1 fully saturated rings. The molecule has 0 spiro atoms. The molecule has 2 aliphatic carbocycles. The highest BCUT2D eigenvalue weighted by Crippen LogP contribution is 2.52. The zero-order valence-electron chi connectivity index (χ0n) is 34.1. The molecule has 0 radical (unpaired) electrons. The smallest absolute Gasteiger partial charge is 0.407 e. The van der Waals surface area contributed by atoms with Gasteiger partial charge in [-0.05, 0) is 55.0 Å². The van der Waals surface area contributed by atoms with E-state index in [1.165, 1.54) is 39.3 Å². The first-order valence-electron chi connectivity index (χ1n) is 19.6. The summed E-state index contributed by atoms with van der Waals surface area (Å²) in [5, 5.41) is 66.7. The summed E-state index contributed by atoms with van der Waals surface area (Å²) in [6.07, 6.45) is -7.40. The number of Topliss-reactive ketones (excluding diaryl/α,β-unsaturated/α-hetero) is 1. The Kier molecular flexibility index (Phi) is 12.9. The van der Waals surface area contributed by atoms with Crippen LogP contribution in [0, 0.1) is 0 Å². The number of carbonyl (C=O) groups excluding carboxylic acids is 5. The molecule has 1 aliphatic heterocycles. The minimum atomic E-state index is -2.37. The molecule has 0 aromatic heterocycles. The molecule has 0 saturated carbocycles. The fourth-order valence-electron chi connectivity index (χ4n) is 7.79. The van der Waals surface area contributed by atoms with Crippen molar-refractivity contribution in [3.8, 4) is 23.0 Å². The number of phenolic OH excluding ortho intramolecular Hbond substituents is 2. The average molecular weight is 870 g/mol. The minimum Gasteiger partial charge on any atom is -0.507 e. The van der Waals surface area contributed by atoms with Crippen molar-refractivity contribution >= 4 is 40.8 Å². The second-order valence-corrected chi connectivity index (χ2v) is 15.0. The van der Waals surface area contributed by atoms with Gasteiger partial charge in [0.2, 0.25) is 5.78 Å². The van der Waals surface area contributed by atoms with Crippen molar-refractivity contribution in [3.05, 3.63) is 106 Å². The molecular formula is C44H43N3O16. The largest absolute Gasteiger partial charge is 0.507 e. The maximum atomic E-state index is 14.0. The zero-order valence-corrected chi connectivity index (χ0v) is 34.1. The number of esters is 1. The van der Waals surface area contributed by atoms with Crippen molar-refractivity contribution < 1.29 is 77.9 Å². The van der Waals surface area contributed by atoms with E-state index < -0.39 is 108 Å². The predicted molar refractivity (Wildman–Crippen MR) is 215 cm³/mol. The second kappa shape index (κ2) is 18.3. The van der Waals surface area contributed by atoms with Crippen LogP contribution in [-0.4, -0.2) is 113 Å². The Bertz CT molecular complexity index is 2470. The lowest BCUT2D eigenvalue weighted by Crippen LogP contribution is -2.56. The van der Waals surface area contributed by atoms with Crippen LogP contribution in [0.2, 0.25) is 0 Å². The molecule has 0 bridgehead atoms. The first-order valence-corrected chi connectivity index (χ1v) is 19.6. The summed E-state index contributed by atoms with van der Waals surface area (Å²) >= 11 is 0. The van der Waals surface area contributed by atoms with Crippen molar-refractivity contribution in [1.82, 2.24) is 5.32 Å². The van der Waals surface area contributed by atoms with Gasteiger partial charge in [-0.3, -0.25) is 14.4 Å². The Morgan fingerprint density at radius 1 is 0.905 bits per heavy atom. The molecule has 3 aliphatic rings. The number of hydrogen-bond acceptors (Lipinski definition) is 18. The van der Waals surface area contributed by atoms with Gasteiger partial charge in [0.1, 0.15) is 47.9 Å². The van der Waals surface area contributed by atoms with E-state index >= 15 is 0 Å². The predicted octanol–water partition coefficient (Wildman–Crippen LogP) is 3.94. The minimum absolute atomic E-state index is 0.0482. The molecule has 4 aromatic carbocycles. The molecule has 6 atom stereocenters. The summed E-state index contributed by atoms with van der Waals surface area (Å²) in [7, 11) is 2.56. The number of amides is 1. The van der Waals surface area contributed by atoms with Crippen LogP contribution < -0.4 is 14.8 Å². The third-order valence-corrected chi connectivity index (χ3v) is 11.1. The molecule has 63 heavy (non-hydrogen) atoms. The van der Waals surface area contributed by atoms with Crippen LogP contribution in [0.3, 0.4) is 0 Å². The SMILES string of the molecule is COC(=O)COc1ccc(N=Nc2ccc(COC(=O)NC3CC(O[C@H]4C[C@](O)(C(=O)CO)Cc5c(O)c6c(c(O)c54)C(=O)c4c(OC)cccc4C6=O)OC(C)C3O)cc2)cc1. The molecule has 19 nitrogen and oxygen atoms in total. The van der Waals surface area contributed by atoms with Gasteiger partial charge in [0.15, 0.2) is 24.5 Å². The van der Waals surface area contributed by atoms with Crippen molar-refractivity contribution in [2.45, 2.75) is 69.0 Å². The Balaban J connectivity index is 1.03. The van der Waals surface area contributed by atoms with E-state index in [1.54, 1.807) is 48.5 Å². The number of aromatic hydroxyl groups is 2. The van der Waals surface area contributed by atoms with Crippen LogP contribution in [0.1, 0.15) is 74.4 Å². The number of ether oxygens (including phenoxy) is 6. The van der Waals surface area contributed by atoms with E-state index in [4.69, 9.17) is 23.7 Å². The van der Waals surface area contributed by atoms with Crippen LogP contribution in [0.15, 0.2) is 77.0 Å². The number of fused-ring (bicyclic) bond motifs is 3. The van der Waals surface area contributed by atoms with E-state index in [1.807, 2.05) is 0 Å². The first kappa shape index (κ1) is 44.3. The number of aliphatic hydroxyl groups excluding tert-OH is 2. The van der Waals surface area contributed by atoms with Crippen molar-refractivity contribution in [1.29, 1.82) is 0 Å². The Morgan fingerprint density at radius 3 is 2.22 bits per heavy atom. The van der Waals surface area contributed by atoms with E-state index in [-0.39, 0.29) is 47.6 Å². The number of nitrogens with one attached hydrogen (secondary N) is 1. The number of benzene rings is 4. The molecule has 6 N–H and O–H groups in total. The summed E-state index contributed by atoms with van der Waals surface area (Å²) < 4.78 is 32.7. The van der Waals surface area contributed by atoms with Gasteiger partial charge in [-0.25, -0.2) is 9.59 Å². The van der Waals surface area contributed by atoms with Gasteiger partial charge in [-0.2, -0.15) is 10.2 Å². The lowest BCUT2D eigenvalue weighted by atomic mass is 9.72. The third-order valence-electron chi connectivity index (χ3n) is 11.1. The number of nitrogens with zero attached hydrogens (tertiary/aromatic N) is 2. The fourth-order valence-corrected chi connectivity index (χ4v) is 7.79. The zero-order chi connectivity index (χ0) is 45.2. The van der Waals surface area contributed by atoms with E-state index in [9.17, 15) is 49.5 Å². The average Bonchev–Trinajstić information content (AvgIpc) is 3.28. The quantitative estimate of drug-likeness (QED) is 0.0555. The van der Waals surface area contributed by atoms with Crippen LogP contribution in [0.4, 0.5) is 16.2 Å². The number of methoxy groups -OCH3 is 2. The van der Waals surface area contributed by atoms with Crippen LogP contribution in [0.25, 0.3) is 0 Å². The normalized spacial score (nSPS) is 22.7. The van der Waals surface area contributed by atoms with Gasteiger partial charge >= 0.3 is 12.1 Å². The highest BCUT2D eigenvalue weighted by Gasteiger charge is 2.50. The van der Waals surface area contributed by atoms with Crippen molar-refractivity contribution in [2.75, 3.05) is 27.4 Å². The van der Waals surface area contributed by atoms with Gasteiger partial charge in [-0.15, -0.1) is 0 Å². The van der Waals surface area contributed by atoms with E-state index in [0.29, 0.717) is 22.7 Å². The van der Waals surface area contributed by atoms with Crippen LogP contribution in [-0.2, 0) is 41.6 Å². The van der Waals surface area contributed by atoms with Crippen molar-refractivity contribution in [3.63, 3.8) is 0 Å². The third kappa shape index (κ3) is 8.95. The Hall–Kier alpha value is -6.77. The first-order chi connectivity index (χ1) is 30.2. The number of phenols is 2. The molecule has 1 saturated heterocycles. The van der Waals surface area contributed by atoms with Gasteiger partial charge in [-0.1, -0.05) is 24.3 Å². The summed E-state index contributed by atoms with van der Waals surface area (Å²) in [4.78, 5) is 65.0. The fraction of sp³-hybridized carbons (Fsp3) is 0.341. The number of rotatable bonds is 13. The van der Waals surface area contributed by atoms with Crippen molar-refractivity contribution in [2.24, 2.45) is 10.2 Å². The molecule has 19 heteroatoms. The maximum Gasteiger partial charge on any atom is 0.407 e. The Labute approximate surface area is 358 Å². The summed E-state index contributed by atoms with van der Waals surface area (Å²) in [5.74, 6) is -4.23. The number of ketones is 3. The monoisotopic (exact) mass is 869 g/mol. The van der Waals surface area contributed by atoms with Gasteiger partial charge in [0, 0.05) is 36.0 Å². The number of hydrogen-bond donors (Lipinski definition) is 6. The number of alkyl carbamates (subject to hydrolysis) is 1. The van der Waals surface area contributed by atoms with Gasteiger partial charge in [0.25, 0.3) is 0 Å². The summed E-state index contributed by atoms with van der Waals surface area (Å²) in [6, 6.07) is 16.5. The van der Waals surface area contributed by atoms with Crippen LogP contribution in [0.5, 0.6) is 23.0 Å². The molecular weight excluding hydrogens is 826 g/mol. The molecule has 4 unspecified atom stereocenters. The highest BCUT2D eigenvalue weighted by molar-refractivity contribution is 6.31. The number of aliphatic hydroxyl groups is 3.